The molecule has 1 saturated heterocycles. The van der Waals surface area contributed by atoms with E-state index in [0.29, 0.717) is 23.4 Å². The van der Waals surface area contributed by atoms with Crippen molar-refractivity contribution in [1.82, 2.24) is 14.9 Å². The van der Waals surface area contributed by atoms with Crippen LogP contribution < -0.4 is 14.9 Å². The Labute approximate surface area is 232 Å². The van der Waals surface area contributed by atoms with Crippen LogP contribution in [0.3, 0.4) is 0 Å². The largest absolute Gasteiger partial charge is 0.372 e. The zero-order valence-corrected chi connectivity index (χ0v) is 24.3. The highest BCUT2D eigenvalue weighted by Gasteiger charge is 2.51. The first kappa shape index (κ1) is 29.0. The van der Waals surface area contributed by atoms with E-state index < -0.39 is 27.1 Å². The summed E-state index contributed by atoms with van der Waals surface area (Å²) >= 11 is 0. The third kappa shape index (κ3) is 5.82. The van der Waals surface area contributed by atoms with E-state index in [4.69, 9.17) is 0 Å². The summed E-state index contributed by atoms with van der Waals surface area (Å²) in [4.78, 5) is 17.8. The number of rotatable bonds is 6. The summed E-state index contributed by atoms with van der Waals surface area (Å²) in [6.07, 6.45) is 8.67. The van der Waals surface area contributed by atoms with Gasteiger partial charge in [0.15, 0.2) is 5.60 Å². The molecule has 0 spiro atoms. The van der Waals surface area contributed by atoms with E-state index >= 15 is 0 Å². The van der Waals surface area contributed by atoms with Gasteiger partial charge in [0, 0.05) is 30.4 Å². The van der Waals surface area contributed by atoms with E-state index in [1.807, 2.05) is 38.3 Å². The van der Waals surface area contributed by atoms with Crippen molar-refractivity contribution in [1.29, 1.82) is 0 Å². The highest BCUT2D eigenvalue weighted by molar-refractivity contribution is 7.89. The molecule has 0 radical (unpaired) electrons. The van der Waals surface area contributed by atoms with Gasteiger partial charge in [-0.3, -0.25) is 9.69 Å². The number of anilines is 1. The minimum atomic E-state index is -3.75. The van der Waals surface area contributed by atoms with E-state index in [0.717, 1.165) is 18.7 Å². The molecule has 1 amide bonds. The Morgan fingerprint density at radius 2 is 1.69 bits per heavy atom. The van der Waals surface area contributed by atoms with E-state index in [1.165, 1.54) is 37.1 Å². The number of nitrogens with zero attached hydrogens (tertiary/aromatic N) is 2. The fraction of sp³-hybridized carbons (Fsp3) is 0.433. The summed E-state index contributed by atoms with van der Waals surface area (Å²) in [6.45, 7) is 11.7. The van der Waals surface area contributed by atoms with Crippen LogP contribution in [0.4, 0.5) is 5.69 Å². The van der Waals surface area contributed by atoms with Crippen LogP contribution in [0, 0.1) is 0 Å². The van der Waals surface area contributed by atoms with Crippen LogP contribution in [-0.4, -0.2) is 55.7 Å². The van der Waals surface area contributed by atoms with Crippen molar-refractivity contribution in [3.8, 4) is 0 Å². The second-order valence-corrected chi connectivity index (χ2v) is 12.6. The zero-order valence-electron chi connectivity index (χ0n) is 23.4. The maximum absolute atomic E-state index is 13.8. The Morgan fingerprint density at radius 1 is 1.05 bits per heavy atom. The van der Waals surface area contributed by atoms with Crippen LogP contribution in [0.5, 0.6) is 0 Å². The second-order valence-electron chi connectivity index (χ2n) is 10.9. The number of amides is 1. The topological polar surface area (TPSA) is 102 Å². The Morgan fingerprint density at radius 3 is 2.28 bits per heavy atom. The number of likely N-dealkylation sites (tertiary alicyclic amines) is 1. The molecule has 2 atom stereocenters. The van der Waals surface area contributed by atoms with Crippen molar-refractivity contribution in [3.05, 3.63) is 83.6 Å². The second kappa shape index (κ2) is 11.3. The molecule has 2 aromatic carbocycles. The van der Waals surface area contributed by atoms with Gasteiger partial charge in [-0.15, -0.1) is 0 Å². The third-order valence-corrected chi connectivity index (χ3v) is 8.74. The molecule has 3 heterocycles. The van der Waals surface area contributed by atoms with E-state index in [-0.39, 0.29) is 11.1 Å². The smallest absolute Gasteiger partial charge is 0.268 e. The number of dihydropyridines is 1. The number of para-hydroxylation sites is 1. The molecule has 0 bridgehead atoms. The number of sulfonamides is 1. The molecule has 1 fully saturated rings. The lowest BCUT2D eigenvalue weighted by Crippen LogP contribution is -2.44. The van der Waals surface area contributed by atoms with Crippen molar-refractivity contribution >= 4 is 21.6 Å². The average molecular weight is 553 g/mol. The van der Waals surface area contributed by atoms with Crippen LogP contribution in [0.2, 0.25) is 0 Å². The van der Waals surface area contributed by atoms with Crippen LogP contribution in [-0.2, 0) is 20.4 Å². The highest BCUT2D eigenvalue weighted by Crippen LogP contribution is 2.44. The van der Waals surface area contributed by atoms with Gasteiger partial charge in [-0.25, -0.2) is 13.1 Å². The summed E-state index contributed by atoms with van der Waals surface area (Å²) in [5.74, 6) is -0.465. The molecule has 2 aromatic rings. The number of nitrogens with one attached hydrogen (secondary N) is 2. The first-order valence-electron chi connectivity index (χ1n) is 13.6. The average Bonchev–Trinajstić information content (AvgIpc) is 3.52. The zero-order chi connectivity index (χ0) is 28.4. The van der Waals surface area contributed by atoms with Gasteiger partial charge < -0.3 is 15.3 Å². The quantitative estimate of drug-likeness (QED) is 0.504. The van der Waals surface area contributed by atoms with Crippen LogP contribution in [0.25, 0.3) is 0 Å². The van der Waals surface area contributed by atoms with Gasteiger partial charge in [0.1, 0.15) is 0 Å². The molecular formula is C30H40N4O4S. The van der Waals surface area contributed by atoms with Gasteiger partial charge in [0.2, 0.25) is 10.0 Å². The van der Waals surface area contributed by atoms with E-state index in [9.17, 15) is 18.3 Å². The first-order chi connectivity index (χ1) is 18.5. The Bertz CT molecular complexity index is 1360. The first-order valence-corrected chi connectivity index (χ1v) is 15.1. The molecular weight excluding hydrogens is 512 g/mol. The molecule has 3 aliphatic rings. The van der Waals surface area contributed by atoms with Crippen LogP contribution in [0.15, 0.2) is 77.4 Å². The maximum atomic E-state index is 13.8. The van der Waals surface area contributed by atoms with Crippen molar-refractivity contribution in [3.63, 3.8) is 0 Å². The summed E-state index contributed by atoms with van der Waals surface area (Å²) in [7, 11) is -3.75. The van der Waals surface area contributed by atoms with Crippen LogP contribution >= 0.6 is 0 Å². The predicted molar refractivity (Wildman–Crippen MR) is 155 cm³/mol. The molecule has 39 heavy (non-hydrogen) atoms. The summed E-state index contributed by atoms with van der Waals surface area (Å²) in [5.41, 5.74) is -0.188. The van der Waals surface area contributed by atoms with E-state index in [1.54, 1.807) is 37.8 Å². The molecule has 0 aliphatic carbocycles. The Kier molecular flexibility index (Phi) is 8.37. The van der Waals surface area contributed by atoms with Gasteiger partial charge >= 0.3 is 0 Å². The number of carbonyl (C=O) groups excluding carboxylic acids is 1. The third-order valence-electron chi connectivity index (χ3n) is 6.97. The number of hydrogen-bond acceptors (Lipinski definition) is 6. The van der Waals surface area contributed by atoms with Gasteiger partial charge in [0.25, 0.3) is 5.91 Å². The molecule has 210 valence electrons. The van der Waals surface area contributed by atoms with Gasteiger partial charge in [0.05, 0.1) is 23.3 Å². The number of carbonyl (C=O) groups is 1. The number of benzene rings is 2. The lowest BCUT2D eigenvalue weighted by molar-refractivity contribution is -0.132. The standard InChI is InChI=1S/C28H34N4O4S.C2H6/c1-27(2,3)30-37(35,36)22-13-11-21(12-14-22)28(34)23-8-4-5-9-24(23)32(26(28)33)19-20-10-15-25(29-18-20)31-16-6-7-17-31;1-2/h4-5,8-15,18,25,29-30,34H,6-7,16-17,19H2,1-3H3;1-2H3. The SMILES string of the molecule is CC.CC(C)(C)NS(=O)(=O)c1ccc(C2(O)C(=O)N(CC3=CNC(N4CCCC4)C=C3)c3ccccc32)cc1. The molecule has 0 aromatic heterocycles. The molecule has 3 aliphatic heterocycles. The monoisotopic (exact) mass is 552 g/mol. The number of fused-ring (bicyclic) bond motifs is 1. The van der Waals surface area contributed by atoms with Crippen molar-refractivity contribution in [2.24, 2.45) is 0 Å². The summed E-state index contributed by atoms with van der Waals surface area (Å²) < 4.78 is 28.1. The normalized spacial score (nSPS) is 23.1. The van der Waals surface area contributed by atoms with Gasteiger partial charge in [-0.1, -0.05) is 50.3 Å². The fourth-order valence-corrected chi connectivity index (χ4v) is 6.67. The summed E-state index contributed by atoms with van der Waals surface area (Å²) in [6, 6.07) is 13.1. The number of aliphatic hydroxyl groups is 1. The van der Waals surface area contributed by atoms with Crippen molar-refractivity contribution < 1.29 is 18.3 Å². The van der Waals surface area contributed by atoms with Crippen molar-refractivity contribution in [2.75, 3.05) is 24.5 Å². The van der Waals surface area contributed by atoms with Crippen LogP contribution in [0.1, 0.15) is 58.6 Å². The Hall–Kier alpha value is -2.98. The lowest BCUT2D eigenvalue weighted by Gasteiger charge is -2.29. The number of hydrogen-bond donors (Lipinski definition) is 3. The molecule has 0 saturated carbocycles. The van der Waals surface area contributed by atoms with E-state index in [2.05, 4.69) is 21.0 Å². The lowest BCUT2D eigenvalue weighted by atomic mass is 9.87. The molecule has 3 N–H and O–H groups in total. The van der Waals surface area contributed by atoms with Crippen molar-refractivity contribution in [2.45, 2.75) is 69.7 Å². The van der Waals surface area contributed by atoms with Gasteiger partial charge in [-0.05, 0) is 69.0 Å². The molecule has 8 nitrogen and oxygen atoms in total. The molecule has 2 unspecified atom stereocenters. The molecule has 9 heteroatoms. The highest BCUT2D eigenvalue weighted by atomic mass is 32.2. The summed E-state index contributed by atoms with van der Waals surface area (Å²) in [5, 5.41) is 15.3. The minimum Gasteiger partial charge on any atom is -0.372 e. The predicted octanol–water partition coefficient (Wildman–Crippen LogP) is 3.84. The molecule has 5 rings (SSSR count). The maximum Gasteiger partial charge on any atom is 0.268 e. The Balaban J connectivity index is 0.00000172. The van der Waals surface area contributed by atoms with Gasteiger partial charge in [-0.2, -0.15) is 0 Å². The minimum absolute atomic E-state index is 0.0708. The fourth-order valence-electron chi connectivity index (χ4n) is 5.25.